The molecule has 2 heterocycles. The number of benzene rings is 2. The van der Waals surface area contributed by atoms with Gasteiger partial charge in [-0.2, -0.15) is 0 Å². The van der Waals surface area contributed by atoms with Gasteiger partial charge in [0, 0.05) is 25.2 Å². The predicted molar refractivity (Wildman–Crippen MR) is 122 cm³/mol. The Labute approximate surface area is 185 Å². The van der Waals surface area contributed by atoms with Crippen LogP contribution in [0.25, 0.3) is 10.8 Å². The zero-order valence-electron chi connectivity index (χ0n) is 17.8. The van der Waals surface area contributed by atoms with Crippen molar-refractivity contribution in [2.24, 2.45) is 5.92 Å². The maximum Gasteiger partial charge on any atom is 0.327 e. The molecule has 2 saturated heterocycles. The number of nitrogens with one attached hydrogen (secondary N) is 3. The molecule has 2 aromatic rings. The van der Waals surface area contributed by atoms with Crippen LogP contribution in [0.4, 0.5) is 10.5 Å². The topological polar surface area (TPSA) is 93.8 Å². The molecular formula is C22H27N5O3S. The summed E-state index contributed by atoms with van der Waals surface area (Å²) in [7, 11) is 3.20. The third kappa shape index (κ3) is 4.13. The number of urea groups is 1. The summed E-state index contributed by atoms with van der Waals surface area (Å²) in [5.41, 5.74) is 0.769. The van der Waals surface area contributed by atoms with Gasteiger partial charge in [0.2, 0.25) is 11.8 Å². The number of amides is 4. The van der Waals surface area contributed by atoms with Crippen LogP contribution in [-0.4, -0.2) is 65.2 Å². The number of thioether (sulfide) groups is 1. The molecular weight excluding hydrogens is 414 g/mol. The molecule has 4 rings (SSSR count). The highest BCUT2D eigenvalue weighted by Gasteiger charge is 2.50. The number of imide groups is 1. The van der Waals surface area contributed by atoms with Gasteiger partial charge in [-0.05, 0) is 17.9 Å². The first-order valence-corrected chi connectivity index (χ1v) is 11.4. The number of rotatable bonds is 5. The summed E-state index contributed by atoms with van der Waals surface area (Å²) in [5.74, 6) is -0.664. The average Bonchev–Trinajstić information content (AvgIpc) is 2.79. The van der Waals surface area contributed by atoms with Crippen LogP contribution in [0.1, 0.15) is 13.3 Å². The molecule has 2 aliphatic heterocycles. The van der Waals surface area contributed by atoms with Crippen molar-refractivity contribution >= 4 is 46.1 Å². The molecule has 31 heavy (non-hydrogen) atoms. The Kier molecular flexibility index (Phi) is 6.17. The first kappa shape index (κ1) is 21.6. The lowest BCUT2D eigenvalue weighted by Gasteiger charge is -2.50. The highest BCUT2D eigenvalue weighted by atomic mass is 32.2. The Morgan fingerprint density at radius 1 is 1.10 bits per heavy atom. The third-order valence-electron chi connectivity index (χ3n) is 5.89. The van der Waals surface area contributed by atoms with E-state index in [9.17, 15) is 14.4 Å². The van der Waals surface area contributed by atoms with Crippen molar-refractivity contribution in [2.45, 2.75) is 31.0 Å². The van der Waals surface area contributed by atoms with Gasteiger partial charge in [-0.15, -0.1) is 11.8 Å². The zero-order valence-corrected chi connectivity index (χ0v) is 18.6. The van der Waals surface area contributed by atoms with Gasteiger partial charge in [0.1, 0.15) is 0 Å². The van der Waals surface area contributed by atoms with Gasteiger partial charge < -0.3 is 10.2 Å². The molecule has 4 atom stereocenters. The fraction of sp³-hybridized carbons (Fsp3) is 0.409. The van der Waals surface area contributed by atoms with Crippen molar-refractivity contribution in [1.82, 2.24) is 20.4 Å². The normalized spacial score (nSPS) is 26.2. The Morgan fingerprint density at radius 3 is 2.61 bits per heavy atom. The number of carbonyl (C=O) groups excluding carboxylic acids is 3. The molecule has 2 fully saturated rings. The molecule has 0 spiro atoms. The molecule has 0 saturated carbocycles. The fourth-order valence-corrected chi connectivity index (χ4v) is 5.33. The molecule has 0 aromatic heterocycles. The highest BCUT2D eigenvalue weighted by molar-refractivity contribution is 8.00. The average molecular weight is 442 g/mol. The highest BCUT2D eigenvalue weighted by Crippen LogP contribution is 2.32. The number of hydrogen-bond donors (Lipinski definition) is 3. The summed E-state index contributed by atoms with van der Waals surface area (Å²) >= 11 is 1.40. The quantitative estimate of drug-likeness (QED) is 0.659. The van der Waals surface area contributed by atoms with E-state index in [-0.39, 0.29) is 35.1 Å². The number of nitrogens with zero attached hydrogens (tertiary/aromatic N) is 2. The largest absolute Gasteiger partial charge is 0.327 e. The van der Waals surface area contributed by atoms with Crippen molar-refractivity contribution in [3.05, 3.63) is 42.5 Å². The summed E-state index contributed by atoms with van der Waals surface area (Å²) in [6, 6.07) is 13.4. The molecule has 164 valence electrons. The third-order valence-corrected chi connectivity index (χ3v) is 7.11. The van der Waals surface area contributed by atoms with Crippen LogP contribution in [0.15, 0.2) is 42.5 Å². The molecule has 3 N–H and O–H groups in total. The minimum Gasteiger partial charge on any atom is -0.325 e. The van der Waals surface area contributed by atoms with Crippen LogP contribution in [0.2, 0.25) is 0 Å². The van der Waals surface area contributed by atoms with E-state index in [1.807, 2.05) is 49.4 Å². The van der Waals surface area contributed by atoms with Gasteiger partial charge in [0.15, 0.2) is 0 Å². The van der Waals surface area contributed by atoms with E-state index in [1.54, 1.807) is 11.9 Å². The van der Waals surface area contributed by atoms with Crippen molar-refractivity contribution in [2.75, 3.05) is 25.2 Å². The second-order valence-corrected chi connectivity index (χ2v) is 8.99. The molecule has 4 unspecified atom stereocenters. The van der Waals surface area contributed by atoms with Gasteiger partial charge in [-0.25, -0.2) is 4.79 Å². The Morgan fingerprint density at radius 2 is 1.84 bits per heavy atom. The predicted octanol–water partition coefficient (Wildman–Crippen LogP) is 2.23. The van der Waals surface area contributed by atoms with Crippen LogP contribution >= 0.6 is 11.8 Å². The lowest BCUT2D eigenvalue weighted by Crippen LogP contribution is -2.74. The van der Waals surface area contributed by atoms with Crippen LogP contribution in [-0.2, 0) is 9.59 Å². The standard InChI is InChI=1S/C22H27N5O3S/c1-4-16-24-19-18(21(29)27(3)22(30)26(19)2)20(25-16)31-12-17(28)23-15-11-7-9-13-8-5-6-10-14(13)15/h5-11,16,18-20,24-25H,4,12H2,1-3H3,(H,23,28). The second kappa shape index (κ2) is 8.86. The molecule has 8 nitrogen and oxygen atoms in total. The van der Waals surface area contributed by atoms with Gasteiger partial charge in [0.25, 0.3) is 0 Å². The number of hydrogen-bond acceptors (Lipinski definition) is 6. The van der Waals surface area contributed by atoms with Gasteiger partial charge in [-0.3, -0.25) is 25.1 Å². The maximum absolute atomic E-state index is 12.9. The van der Waals surface area contributed by atoms with E-state index in [0.29, 0.717) is 0 Å². The van der Waals surface area contributed by atoms with Gasteiger partial charge in [0.05, 0.1) is 29.4 Å². The maximum atomic E-state index is 12.9. The minimum atomic E-state index is -0.481. The number of anilines is 1. The summed E-state index contributed by atoms with van der Waals surface area (Å²) in [6.45, 7) is 2.03. The van der Waals surface area contributed by atoms with Crippen LogP contribution in [0, 0.1) is 5.92 Å². The summed E-state index contributed by atoms with van der Waals surface area (Å²) < 4.78 is 0. The molecule has 0 bridgehead atoms. The van der Waals surface area contributed by atoms with Crippen LogP contribution in [0.5, 0.6) is 0 Å². The first-order valence-electron chi connectivity index (χ1n) is 10.4. The Balaban J connectivity index is 1.47. The number of carbonyl (C=O) groups is 3. The Bertz CT molecular complexity index is 1010. The monoisotopic (exact) mass is 441 g/mol. The van der Waals surface area contributed by atoms with E-state index in [4.69, 9.17) is 0 Å². The van der Waals surface area contributed by atoms with E-state index in [0.717, 1.165) is 27.8 Å². The molecule has 0 aliphatic carbocycles. The van der Waals surface area contributed by atoms with Gasteiger partial charge in [-0.1, -0.05) is 43.3 Å². The van der Waals surface area contributed by atoms with E-state index >= 15 is 0 Å². The van der Waals surface area contributed by atoms with Crippen LogP contribution in [0.3, 0.4) is 0 Å². The van der Waals surface area contributed by atoms with Crippen molar-refractivity contribution in [1.29, 1.82) is 0 Å². The zero-order chi connectivity index (χ0) is 22.1. The number of fused-ring (bicyclic) bond motifs is 2. The molecule has 2 aromatic carbocycles. The molecule has 9 heteroatoms. The van der Waals surface area contributed by atoms with E-state index < -0.39 is 12.1 Å². The SMILES string of the molecule is CCC1NC(SCC(=O)Nc2cccc3ccccc23)C2C(=O)N(C)C(=O)N(C)C2N1. The molecule has 2 aliphatic rings. The van der Waals surface area contributed by atoms with E-state index in [2.05, 4.69) is 16.0 Å². The Hall–Kier alpha value is -2.62. The molecule has 4 amide bonds. The van der Waals surface area contributed by atoms with Crippen LogP contribution < -0.4 is 16.0 Å². The van der Waals surface area contributed by atoms with E-state index in [1.165, 1.54) is 18.8 Å². The summed E-state index contributed by atoms with van der Waals surface area (Å²) in [6.07, 6.45) is 0.335. The molecule has 0 radical (unpaired) electrons. The summed E-state index contributed by atoms with van der Waals surface area (Å²) in [5, 5.41) is 11.5. The van der Waals surface area contributed by atoms with Crippen molar-refractivity contribution in [3.8, 4) is 0 Å². The second-order valence-electron chi connectivity index (χ2n) is 7.86. The van der Waals surface area contributed by atoms with Gasteiger partial charge >= 0.3 is 6.03 Å². The lowest BCUT2D eigenvalue weighted by atomic mass is 9.97. The lowest BCUT2D eigenvalue weighted by molar-refractivity contribution is -0.140. The van der Waals surface area contributed by atoms with Crippen molar-refractivity contribution in [3.63, 3.8) is 0 Å². The minimum absolute atomic E-state index is 0.0497. The van der Waals surface area contributed by atoms with Crippen molar-refractivity contribution < 1.29 is 14.4 Å². The first-order chi connectivity index (χ1) is 14.9. The smallest absolute Gasteiger partial charge is 0.325 e. The fourth-order valence-electron chi connectivity index (χ4n) is 4.19. The summed E-state index contributed by atoms with van der Waals surface area (Å²) in [4.78, 5) is 40.7.